The molecule has 1 nitrogen and oxygen atoms in total. The van der Waals surface area contributed by atoms with Crippen LogP contribution < -0.4 is 18.1 Å². The summed E-state index contributed by atoms with van der Waals surface area (Å²) in [5.41, 5.74) is 6.41. The van der Waals surface area contributed by atoms with Gasteiger partial charge in [-0.15, -0.1) is 11.8 Å². The summed E-state index contributed by atoms with van der Waals surface area (Å²) in [6.07, 6.45) is 2.55. The van der Waals surface area contributed by atoms with E-state index in [0.717, 1.165) is 5.69 Å². The molecule has 0 atom stereocenters. The molecule has 0 fully saturated rings. The molecule has 0 aromatic heterocycles. The van der Waals surface area contributed by atoms with E-state index >= 15 is 0 Å². The van der Waals surface area contributed by atoms with Crippen molar-refractivity contribution >= 4 is 17.4 Å². The van der Waals surface area contributed by atoms with Crippen LogP contribution in [0.3, 0.4) is 0 Å². The molecule has 0 radical (unpaired) electrons. The minimum atomic E-state index is 0. The number of anilines is 1. The molecule has 0 aliphatic heterocycles. The van der Waals surface area contributed by atoms with Gasteiger partial charge in [-0.25, -0.2) is 0 Å². The van der Waals surface area contributed by atoms with Gasteiger partial charge in [0, 0.05) is 10.6 Å². The van der Waals surface area contributed by atoms with Gasteiger partial charge in [-0.1, -0.05) is 13.3 Å². The molecule has 0 heterocycles. The van der Waals surface area contributed by atoms with E-state index in [1.54, 1.807) is 0 Å². The number of hydrogen-bond acceptors (Lipinski definition) is 2. The minimum absolute atomic E-state index is 0. The summed E-state index contributed by atoms with van der Waals surface area (Å²) in [5, 5.41) is 0. The topological polar surface area (TPSA) is 26.0 Å². The number of rotatable bonds is 4. The van der Waals surface area contributed by atoms with E-state index in [0.29, 0.717) is 0 Å². The first kappa shape index (κ1) is 12.7. The maximum Gasteiger partial charge on any atom is 0.0314 e. The molecular formula is C10H15ClNS-. The van der Waals surface area contributed by atoms with E-state index < -0.39 is 0 Å². The fraction of sp³-hybridized carbons (Fsp3) is 0.400. The van der Waals surface area contributed by atoms with Crippen molar-refractivity contribution in [2.75, 3.05) is 11.5 Å². The average molecular weight is 217 g/mol. The molecule has 1 rings (SSSR count). The zero-order chi connectivity index (χ0) is 8.81. The van der Waals surface area contributed by atoms with Crippen molar-refractivity contribution in [3.63, 3.8) is 0 Å². The Morgan fingerprint density at radius 2 is 1.85 bits per heavy atom. The molecule has 2 N–H and O–H groups in total. The molecule has 0 unspecified atom stereocenters. The molecule has 1 aromatic rings. The van der Waals surface area contributed by atoms with Crippen LogP contribution in [-0.2, 0) is 0 Å². The lowest BCUT2D eigenvalue weighted by atomic mass is 10.3. The van der Waals surface area contributed by atoms with Gasteiger partial charge in [0.2, 0.25) is 0 Å². The van der Waals surface area contributed by atoms with Gasteiger partial charge in [0.15, 0.2) is 0 Å². The Morgan fingerprint density at radius 1 is 1.23 bits per heavy atom. The molecule has 0 spiro atoms. The van der Waals surface area contributed by atoms with Crippen molar-refractivity contribution in [2.45, 2.75) is 24.7 Å². The van der Waals surface area contributed by atoms with E-state index in [1.807, 2.05) is 23.9 Å². The summed E-state index contributed by atoms with van der Waals surface area (Å²) in [4.78, 5) is 1.32. The lowest BCUT2D eigenvalue weighted by Crippen LogP contribution is -3.00. The largest absolute Gasteiger partial charge is 1.00 e. The van der Waals surface area contributed by atoms with Gasteiger partial charge in [0.05, 0.1) is 0 Å². The maximum atomic E-state index is 5.57. The Labute approximate surface area is 90.5 Å². The molecule has 0 saturated heterocycles. The Hall–Kier alpha value is -0.340. The fourth-order valence-corrected chi connectivity index (χ4v) is 1.90. The predicted molar refractivity (Wildman–Crippen MR) is 56.5 cm³/mol. The zero-order valence-corrected chi connectivity index (χ0v) is 9.37. The molecule has 0 bridgehead atoms. The predicted octanol–water partition coefficient (Wildman–Crippen LogP) is 0.165. The first-order valence-corrected chi connectivity index (χ1v) is 5.30. The van der Waals surface area contributed by atoms with Gasteiger partial charge >= 0.3 is 0 Å². The number of nitrogen functional groups attached to an aromatic ring is 1. The highest BCUT2D eigenvalue weighted by molar-refractivity contribution is 7.99. The Balaban J connectivity index is 0.00000144. The molecule has 13 heavy (non-hydrogen) atoms. The number of halogens is 1. The lowest BCUT2D eigenvalue weighted by Gasteiger charge is -2.00. The number of hydrogen-bond donors (Lipinski definition) is 1. The smallest absolute Gasteiger partial charge is 0.0314 e. The Kier molecular flexibility index (Phi) is 6.92. The molecule has 74 valence electrons. The van der Waals surface area contributed by atoms with Crippen LogP contribution in [-0.4, -0.2) is 5.75 Å². The lowest BCUT2D eigenvalue weighted by molar-refractivity contribution is -0.00000253. The fourth-order valence-electron chi connectivity index (χ4n) is 0.898. The van der Waals surface area contributed by atoms with Crippen molar-refractivity contribution in [1.29, 1.82) is 0 Å². The van der Waals surface area contributed by atoms with Crippen LogP contribution in [0.2, 0.25) is 0 Å². The average Bonchev–Trinajstić information content (AvgIpc) is 2.09. The molecular weight excluding hydrogens is 202 g/mol. The van der Waals surface area contributed by atoms with Crippen LogP contribution in [0.1, 0.15) is 19.8 Å². The van der Waals surface area contributed by atoms with Crippen LogP contribution in [0.5, 0.6) is 0 Å². The van der Waals surface area contributed by atoms with E-state index in [-0.39, 0.29) is 12.4 Å². The van der Waals surface area contributed by atoms with Gasteiger partial charge in [0.1, 0.15) is 0 Å². The van der Waals surface area contributed by atoms with Crippen LogP contribution in [0.15, 0.2) is 29.2 Å². The first-order valence-electron chi connectivity index (χ1n) is 4.31. The standard InChI is InChI=1S/C10H15NS.ClH/c1-2-3-8-12-10-6-4-9(11)5-7-10;/h4-7H,2-3,8,11H2,1H3;1H/p-1. The van der Waals surface area contributed by atoms with Gasteiger partial charge in [-0.05, 0) is 36.4 Å². The third-order valence-electron chi connectivity index (χ3n) is 1.65. The monoisotopic (exact) mass is 216 g/mol. The normalized spacial score (nSPS) is 9.31. The van der Waals surface area contributed by atoms with Crippen LogP contribution in [0.25, 0.3) is 0 Å². The summed E-state index contributed by atoms with van der Waals surface area (Å²) < 4.78 is 0. The molecule has 0 saturated carbocycles. The Morgan fingerprint density at radius 3 is 2.38 bits per heavy atom. The molecule has 0 aliphatic rings. The third kappa shape index (κ3) is 5.06. The highest BCUT2D eigenvalue weighted by Gasteiger charge is 1.92. The van der Waals surface area contributed by atoms with Crippen molar-refractivity contribution in [3.05, 3.63) is 24.3 Å². The number of benzene rings is 1. The second-order valence-corrected chi connectivity index (χ2v) is 3.94. The molecule has 0 amide bonds. The van der Waals surface area contributed by atoms with E-state index in [1.165, 1.54) is 23.5 Å². The van der Waals surface area contributed by atoms with Gasteiger partial charge < -0.3 is 18.1 Å². The SMILES string of the molecule is CCCCSc1ccc(N)cc1.[Cl-]. The van der Waals surface area contributed by atoms with Crippen molar-refractivity contribution < 1.29 is 12.4 Å². The second-order valence-electron chi connectivity index (χ2n) is 2.77. The third-order valence-corrected chi connectivity index (χ3v) is 2.75. The van der Waals surface area contributed by atoms with E-state index in [2.05, 4.69) is 19.1 Å². The second kappa shape index (κ2) is 7.10. The zero-order valence-electron chi connectivity index (χ0n) is 7.79. The molecule has 0 aliphatic carbocycles. The van der Waals surface area contributed by atoms with Gasteiger partial charge in [0.25, 0.3) is 0 Å². The van der Waals surface area contributed by atoms with Gasteiger partial charge in [-0.3, -0.25) is 0 Å². The summed E-state index contributed by atoms with van der Waals surface area (Å²) in [5.74, 6) is 1.21. The number of nitrogens with two attached hydrogens (primary N) is 1. The summed E-state index contributed by atoms with van der Waals surface area (Å²) in [6, 6.07) is 8.06. The minimum Gasteiger partial charge on any atom is -1.00 e. The molecule has 3 heteroatoms. The maximum absolute atomic E-state index is 5.57. The summed E-state index contributed by atoms with van der Waals surface area (Å²) in [7, 11) is 0. The van der Waals surface area contributed by atoms with Crippen LogP contribution >= 0.6 is 11.8 Å². The van der Waals surface area contributed by atoms with Crippen molar-refractivity contribution in [1.82, 2.24) is 0 Å². The summed E-state index contributed by atoms with van der Waals surface area (Å²) >= 11 is 1.90. The van der Waals surface area contributed by atoms with Crippen LogP contribution in [0, 0.1) is 0 Å². The molecule has 1 aromatic carbocycles. The quantitative estimate of drug-likeness (QED) is 0.441. The van der Waals surface area contributed by atoms with Gasteiger partial charge in [-0.2, -0.15) is 0 Å². The van der Waals surface area contributed by atoms with E-state index in [9.17, 15) is 0 Å². The van der Waals surface area contributed by atoms with E-state index in [4.69, 9.17) is 5.73 Å². The van der Waals surface area contributed by atoms with Crippen molar-refractivity contribution in [2.24, 2.45) is 0 Å². The van der Waals surface area contributed by atoms with Crippen molar-refractivity contribution in [3.8, 4) is 0 Å². The first-order chi connectivity index (χ1) is 5.83. The highest BCUT2D eigenvalue weighted by atomic mass is 35.5. The summed E-state index contributed by atoms with van der Waals surface area (Å²) in [6.45, 7) is 2.21. The van der Waals surface area contributed by atoms with Crippen LogP contribution in [0.4, 0.5) is 5.69 Å². The Bertz CT molecular complexity index is 223. The highest BCUT2D eigenvalue weighted by Crippen LogP contribution is 2.19. The number of unbranched alkanes of at least 4 members (excludes halogenated alkanes) is 1. The number of thioether (sulfide) groups is 1.